The minimum atomic E-state index is -0.142. The molecule has 1 amide bonds. The third-order valence-corrected chi connectivity index (χ3v) is 5.22. The molecule has 0 atom stereocenters. The topological polar surface area (TPSA) is 104 Å². The van der Waals surface area contributed by atoms with E-state index >= 15 is 0 Å². The van der Waals surface area contributed by atoms with Crippen LogP contribution in [0.4, 0.5) is 17.3 Å². The number of morpholine rings is 1. The maximum atomic E-state index is 12.3. The number of aromatic nitrogens is 2. The molecule has 34 heavy (non-hydrogen) atoms. The first-order valence-corrected chi connectivity index (χ1v) is 11.3. The summed E-state index contributed by atoms with van der Waals surface area (Å²) >= 11 is 0. The summed E-state index contributed by atoms with van der Waals surface area (Å²) in [5.74, 6) is 1.81. The Balaban J connectivity index is 1.41. The largest absolute Gasteiger partial charge is 0.378 e. The number of para-hydroxylation sites is 1. The fourth-order valence-corrected chi connectivity index (χ4v) is 3.48. The van der Waals surface area contributed by atoms with Crippen LogP contribution >= 0.6 is 0 Å². The molecule has 1 fully saturated rings. The fraction of sp³-hybridized carbons (Fsp3) is 0.280. The predicted molar refractivity (Wildman–Crippen MR) is 134 cm³/mol. The number of ether oxygens (including phenoxy) is 1. The Bertz CT molecular complexity index is 1120. The molecule has 176 valence electrons. The van der Waals surface area contributed by atoms with E-state index in [1.54, 1.807) is 6.21 Å². The Labute approximate surface area is 199 Å². The highest BCUT2D eigenvalue weighted by Gasteiger charge is 2.15. The number of rotatable bonds is 9. The summed E-state index contributed by atoms with van der Waals surface area (Å²) in [6.07, 6.45) is 2.40. The van der Waals surface area contributed by atoms with E-state index in [2.05, 4.69) is 37.3 Å². The van der Waals surface area contributed by atoms with E-state index in [-0.39, 0.29) is 12.3 Å². The zero-order chi connectivity index (χ0) is 23.6. The standard InChI is InChI=1S/C25H29N7O2/c1-19-6-5-7-20(16-19)18-26-30-23-17-24(32-12-14-34-15-13-32)28-22(27-23)10-11-25(33)31-29-21-8-3-2-4-9-21/h2-9,16-18,29H,10-15H2,1H3,(H,31,33)(H,27,28,30)/b26-18+. The number of nitrogens with one attached hydrogen (secondary N) is 3. The number of benzene rings is 2. The Morgan fingerprint density at radius 3 is 2.71 bits per heavy atom. The number of hydrazone groups is 1. The quantitative estimate of drug-likeness (QED) is 0.334. The van der Waals surface area contributed by atoms with Crippen LogP contribution in [0.2, 0.25) is 0 Å². The summed E-state index contributed by atoms with van der Waals surface area (Å²) in [5, 5.41) is 4.34. The Morgan fingerprint density at radius 1 is 1.09 bits per heavy atom. The smallest absolute Gasteiger partial charge is 0.238 e. The number of anilines is 3. The van der Waals surface area contributed by atoms with Gasteiger partial charge >= 0.3 is 0 Å². The third-order valence-electron chi connectivity index (χ3n) is 5.22. The van der Waals surface area contributed by atoms with Crippen LogP contribution in [-0.2, 0) is 16.0 Å². The summed E-state index contributed by atoms with van der Waals surface area (Å²) in [5.41, 5.74) is 11.6. The molecule has 4 rings (SSSR count). The van der Waals surface area contributed by atoms with Gasteiger partial charge in [0.2, 0.25) is 5.91 Å². The van der Waals surface area contributed by atoms with Gasteiger partial charge in [0.15, 0.2) is 5.82 Å². The van der Waals surface area contributed by atoms with Gasteiger partial charge in [-0.3, -0.25) is 21.1 Å². The number of hydrogen-bond donors (Lipinski definition) is 3. The second-order valence-electron chi connectivity index (χ2n) is 7.95. The first-order chi connectivity index (χ1) is 16.7. The van der Waals surface area contributed by atoms with Crippen molar-refractivity contribution in [1.82, 2.24) is 15.4 Å². The molecular weight excluding hydrogens is 430 g/mol. The van der Waals surface area contributed by atoms with E-state index < -0.39 is 0 Å². The summed E-state index contributed by atoms with van der Waals surface area (Å²) in [6, 6.07) is 19.4. The molecule has 1 saturated heterocycles. The second-order valence-corrected chi connectivity index (χ2v) is 7.95. The molecule has 3 aromatic rings. The highest BCUT2D eigenvalue weighted by molar-refractivity contribution is 5.80. The summed E-state index contributed by atoms with van der Waals surface area (Å²) in [6.45, 7) is 4.86. The molecule has 0 spiro atoms. The first kappa shape index (κ1) is 23.2. The molecule has 2 aromatic carbocycles. The Kier molecular flexibility index (Phi) is 8.02. The molecule has 0 unspecified atom stereocenters. The average Bonchev–Trinajstić information content (AvgIpc) is 2.87. The lowest BCUT2D eigenvalue weighted by molar-refractivity contribution is -0.120. The van der Waals surface area contributed by atoms with Crippen LogP contribution in [0.5, 0.6) is 0 Å². The molecule has 1 aliphatic heterocycles. The van der Waals surface area contributed by atoms with Crippen molar-refractivity contribution in [2.24, 2.45) is 5.10 Å². The van der Waals surface area contributed by atoms with Crippen molar-refractivity contribution in [3.63, 3.8) is 0 Å². The molecule has 0 aliphatic carbocycles. The second kappa shape index (κ2) is 11.8. The molecule has 3 N–H and O–H groups in total. The number of carbonyl (C=O) groups is 1. The number of hydrogen-bond acceptors (Lipinski definition) is 8. The SMILES string of the molecule is Cc1cccc(/C=N/Nc2cc(N3CCOCC3)nc(CCC(=O)NNc3ccccc3)n2)c1. The van der Waals surface area contributed by atoms with Crippen LogP contribution in [0.25, 0.3) is 0 Å². The Morgan fingerprint density at radius 2 is 1.91 bits per heavy atom. The molecule has 0 bridgehead atoms. The molecular formula is C25H29N7O2. The van der Waals surface area contributed by atoms with Crippen molar-refractivity contribution in [1.29, 1.82) is 0 Å². The van der Waals surface area contributed by atoms with Gasteiger partial charge in [0.1, 0.15) is 11.6 Å². The van der Waals surface area contributed by atoms with Crippen LogP contribution in [-0.4, -0.2) is 48.4 Å². The van der Waals surface area contributed by atoms with Crippen molar-refractivity contribution in [2.45, 2.75) is 19.8 Å². The van der Waals surface area contributed by atoms with Crippen LogP contribution in [0, 0.1) is 6.92 Å². The van der Waals surface area contributed by atoms with Gasteiger partial charge in [0.05, 0.1) is 25.1 Å². The summed E-state index contributed by atoms with van der Waals surface area (Å²) in [7, 11) is 0. The highest BCUT2D eigenvalue weighted by atomic mass is 16.5. The molecule has 2 heterocycles. The maximum absolute atomic E-state index is 12.3. The van der Waals surface area contributed by atoms with Crippen molar-refractivity contribution >= 4 is 29.4 Å². The van der Waals surface area contributed by atoms with Gasteiger partial charge in [-0.1, -0.05) is 48.0 Å². The predicted octanol–water partition coefficient (Wildman–Crippen LogP) is 3.14. The maximum Gasteiger partial charge on any atom is 0.238 e. The van der Waals surface area contributed by atoms with Gasteiger partial charge < -0.3 is 9.64 Å². The third kappa shape index (κ3) is 7.01. The highest BCUT2D eigenvalue weighted by Crippen LogP contribution is 2.18. The van der Waals surface area contributed by atoms with Crippen molar-refractivity contribution < 1.29 is 9.53 Å². The fourth-order valence-electron chi connectivity index (χ4n) is 3.48. The molecule has 0 radical (unpaired) electrons. The zero-order valence-electron chi connectivity index (χ0n) is 19.2. The van der Waals surface area contributed by atoms with E-state index in [0.29, 0.717) is 31.3 Å². The van der Waals surface area contributed by atoms with Gasteiger partial charge in [-0.15, -0.1) is 0 Å². The zero-order valence-corrected chi connectivity index (χ0v) is 19.2. The van der Waals surface area contributed by atoms with Crippen molar-refractivity contribution in [3.8, 4) is 0 Å². The number of aryl methyl sites for hydroxylation is 2. The number of hydrazine groups is 1. The van der Waals surface area contributed by atoms with Gasteiger partial charge in [-0.25, -0.2) is 9.97 Å². The minimum absolute atomic E-state index is 0.142. The molecule has 9 heteroatoms. The van der Waals surface area contributed by atoms with Gasteiger partial charge in [-0.05, 0) is 24.6 Å². The van der Waals surface area contributed by atoms with Crippen LogP contribution < -0.4 is 21.2 Å². The number of carbonyl (C=O) groups excluding carboxylic acids is 1. The van der Waals surface area contributed by atoms with E-state index in [1.165, 1.54) is 5.56 Å². The van der Waals surface area contributed by atoms with Gasteiger partial charge in [0.25, 0.3) is 0 Å². The first-order valence-electron chi connectivity index (χ1n) is 11.3. The number of amides is 1. The average molecular weight is 460 g/mol. The van der Waals surface area contributed by atoms with E-state index in [0.717, 1.165) is 30.2 Å². The van der Waals surface area contributed by atoms with Gasteiger partial charge in [-0.2, -0.15) is 5.10 Å². The number of nitrogens with zero attached hydrogens (tertiary/aromatic N) is 4. The lowest BCUT2D eigenvalue weighted by Crippen LogP contribution is -2.37. The van der Waals surface area contributed by atoms with Gasteiger partial charge in [0, 0.05) is 32.0 Å². The minimum Gasteiger partial charge on any atom is -0.378 e. The van der Waals surface area contributed by atoms with Crippen LogP contribution in [0.3, 0.4) is 0 Å². The Hall–Kier alpha value is -3.98. The van der Waals surface area contributed by atoms with Crippen LogP contribution in [0.15, 0.2) is 65.8 Å². The summed E-state index contributed by atoms with van der Waals surface area (Å²) < 4.78 is 5.46. The van der Waals surface area contributed by atoms with Crippen LogP contribution in [0.1, 0.15) is 23.4 Å². The lowest BCUT2D eigenvalue weighted by Gasteiger charge is -2.28. The van der Waals surface area contributed by atoms with E-state index in [4.69, 9.17) is 9.72 Å². The molecule has 0 saturated carbocycles. The normalized spacial score (nSPS) is 13.6. The monoisotopic (exact) mass is 459 g/mol. The molecule has 1 aromatic heterocycles. The molecule has 9 nitrogen and oxygen atoms in total. The van der Waals surface area contributed by atoms with E-state index in [1.807, 2.05) is 61.5 Å². The lowest BCUT2D eigenvalue weighted by atomic mass is 10.2. The summed E-state index contributed by atoms with van der Waals surface area (Å²) in [4.78, 5) is 23.7. The van der Waals surface area contributed by atoms with Crippen molar-refractivity contribution in [3.05, 3.63) is 77.6 Å². The van der Waals surface area contributed by atoms with Crippen molar-refractivity contribution in [2.75, 3.05) is 42.1 Å². The molecule has 1 aliphatic rings. The van der Waals surface area contributed by atoms with E-state index in [9.17, 15) is 4.79 Å².